The third-order valence-electron chi connectivity index (χ3n) is 0.335. The Morgan fingerprint density at radius 1 is 1.35 bits per heavy atom. The van der Waals surface area contributed by atoms with Gasteiger partial charge in [-0.05, 0) is 13.8 Å². The van der Waals surface area contributed by atoms with Crippen LogP contribution in [0.4, 0.5) is 8.28 Å². The number of ether oxygens (including phenoxy) is 1. The van der Waals surface area contributed by atoms with E-state index in [-0.39, 0.29) is 13.2 Å². The SMILES string of the molecule is CC(C)=O.O=C(CF)OCO.O=S(=O)([O-])F.[CH3+]. The summed E-state index contributed by atoms with van der Waals surface area (Å²) in [6.45, 7) is 1.13. The van der Waals surface area contributed by atoms with Crippen LogP contribution >= 0.6 is 0 Å². The number of rotatable bonds is 2. The van der Waals surface area contributed by atoms with Crippen LogP contribution in [0.1, 0.15) is 13.8 Å². The van der Waals surface area contributed by atoms with Crippen molar-refractivity contribution in [3.8, 4) is 0 Å². The lowest BCUT2D eigenvalue weighted by molar-refractivity contribution is -0.152. The zero-order chi connectivity index (χ0) is 13.8. The molecule has 0 atom stereocenters. The van der Waals surface area contributed by atoms with Crippen LogP contribution in [0.15, 0.2) is 0 Å². The number of alkyl halides is 1. The van der Waals surface area contributed by atoms with Crippen molar-refractivity contribution in [2.75, 3.05) is 13.5 Å². The first-order valence-corrected chi connectivity index (χ1v) is 4.80. The molecule has 17 heavy (non-hydrogen) atoms. The molecule has 0 aliphatic heterocycles. The van der Waals surface area contributed by atoms with Crippen LogP contribution in [0.2, 0.25) is 0 Å². The molecule has 0 amide bonds. The lowest BCUT2D eigenvalue weighted by Crippen LogP contribution is -2.06. The number of carbonyl (C=O) groups is 2. The van der Waals surface area contributed by atoms with E-state index in [1.54, 1.807) is 0 Å². The summed E-state index contributed by atoms with van der Waals surface area (Å²) in [5.41, 5.74) is 0. The van der Waals surface area contributed by atoms with Gasteiger partial charge in [0.2, 0.25) is 0 Å². The maximum absolute atomic E-state index is 11.0. The Hall–Kier alpha value is -1.26. The van der Waals surface area contributed by atoms with Gasteiger partial charge < -0.3 is 19.2 Å². The van der Waals surface area contributed by atoms with Gasteiger partial charge in [0.15, 0.2) is 13.5 Å². The van der Waals surface area contributed by atoms with Gasteiger partial charge in [0.1, 0.15) is 5.78 Å². The summed E-state index contributed by atoms with van der Waals surface area (Å²) < 4.78 is 50.1. The number of hydrogen-bond acceptors (Lipinski definition) is 7. The van der Waals surface area contributed by atoms with Gasteiger partial charge in [0.25, 0.3) is 10.5 Å². The molecule has 0 radical (unpaired) electrons. The number of halogens is 2. The monoisotopic (exact) mass is 280 g/mol. The van der Waals surface area contributed by atoms with Crippen LogP contribution in [0.5, 0.6) is 0 Å². The summed E-state index contributed by atoms with van der Waals surface area (Å²) in [5, 5.41) is 7.76. The molecule has 0 aromatic carbocycles. The van der Waals surface area contributed by atoms with Crippen LogP contribution in [0, 0.1) is 7.43 Å². The van der Waals surface area contributed by atoms with E-state index in [2.05, 4.69) is 4.74 Å². The zero-order valence-electron chi connectivity index (χ0n) is 9.48. The minimum Gasteiger partial charge on any atom is -0.722 e. The molecule has 104 valence electrons. The van der Waals surface area contributed by atoms with E-state index in [0.717, 1.165) is 0 Å². The number of aliphatic hydroxyl groups is 1. The van der Waals surface area contributed by atoms with Gasteiger partial charge in [-0.15, -0.1) is 3.89 Å². The lowest BCUT2D eigenvalue weighted by atomic mass is 10.6. The molecule has 0 heterocycles. The minimum atomic E-state index is -5.42. The van der Waals surface area contributed by atoms with Crippen LogP contribution in [-0.2, 0) is 24.8 Å². The van der Waals surface area contributed by atoms with E-state index < -0.39 is 29.9 Å². The second-order valence-corrected chi connectivity index (χ2v) is 2.87. The van der Waals surface area contributed by atoms with Gasteiger partial charge in [-0.2, -0.15) is 0 Å². The highest BCUT2D eigenvalue weighted by atomic mass is 32.3. The number of aliphatic hydroxyl groups excluding tert-OH is 1. The summed E-state index contributed by atoms with van der Waals surface area (Å²) in [5.74, 6) is -0.873. The molecule has 0 spiro atoms. The molecule has 0 aliphatic carbocycles. The highest BCUT2D eigenvalue weighted by molar-refractivity contribution is 7.80. The van der Waals surface area contributed by atoms with Gasteiger partial charge in [-0.25, -0.2) is 17.6 Å². The Morgan fingerprint density at radius 2 is 1.59 bits per heavy atom. The van der Waals surface area contributed by atoms with Crippen molar-refractivity contribution in [1.29, 1.82) is 0 Å². The molecule has 0 bridgehead atoms. The average Bonchev–Trinajstić information content (AvgIpc) is 2.00. The molecule has 7 nitrogen and oxygen atoms in total. The molecular weight excluding hydrogens is 266 g/mol. The molecule has 0 aliphatic rings. The van der Waals surface area contributed by atoms with E-state index >= 15 is 0 Å². The molecule has 0 aromatic heterocycles. The molecule has 0 saturated heterocycles. The topological polar surface area (TPSA) is 121 Å². The van der Waals surface area contributed by atoms with Crippen molar-refractivity contribution < 1.29 is 40.7 Å². The molecule has 1 N–H and O–H groups in total. The molecule has 0 unspecified atom stereocenters. The van der Waals surface area contributed by atoms with Crippen molar-refractivity contribution in [1.82, 2.24) is 0 Å². The maximum Gasteiger partial charge on any atom is 0.339 e. The van der Waals surface area contributed by atoms with Gasteiger partial charge >= 0.3 is 5.97 Å². The number of esters is 1. The first-order valence-electron chi connectivity index (χ1n) is 3.49. The van der Waals surface area contributed by atoms with Crippen molar-refractivity contribution in [2.45, 2.75) is 13.8 Å². The second-order valence-electron chi connectivity index (χ2n) is 2.08. The van der Waals surface area contributed by atoms with E-state index in [1.807, 2.05) is 0 Å². The predicted molar refractivity (Wildman–Crippen MR) is 52.7 cm³/mol. The van der Waals surface area contributed by atoms with Crippen LogP contribution in [0.25, 0.3) is 0 Å². The van der Waals surface area contributed by atoms with Crippen LogP contribution < -0.4 is 0 Å². The van der Waals surface area contributed by atoms with E-state index in [4.69, 9.17) is 18.1 Å². The first kappa shape index (κ1) is 24.8. The summed E-state index contributed by atoms with van der Waals surface area (Å²) in [7, 11) is -5.42. The molecule has 0 saturated carbocycles. The number of carbonyl (C=O) groups excluding carboxylic acids is 2. The lowest BCUT2D eigenvalue weighted by Gasteiger charge is -1.91. The summed E-state index contributed by atoms with van der Waals surface area (Å²) in [4.78, 5) is 19.1. The summed E-state index contributed by atoms with van der Waals surface area (Å²) in [6.07, 6.45) is 0. The fraction of sp³-hybridized carbons (Fsp3) is 0.571. The van der Waals surface area contributed by atoms with Crippen LogP contribution in [-0.4, -0.2) is 43.3 Å². The summed E-state index contributed by atoms with van der Waals surface area (Å²) >= 11 is 0. The van der Waals surface area contributed by atoms with Gasteiger partial charge in [0, 0.05) is 7.43 Å². The maximum atomic E-state index is 11.0. The highest BCUT2D eigenvalue weighted by Crippen LogP contribution is 1.74. The van der Waals surface area contributed by atoms with Gasteiger partial charge in [0.05, 0.1) is 0 Å². The molecular formula is C7H14F2O7S. The van der Waals surface area contributed by atoms with Crippen LogP contribution in [0.3, 0.4) is 0 Å². The Labute approximate surface area is 98.4 Å². The molecule has 10 heteroatoms. The quantitative estimate of drug-likeness (QED) is 0.246. The number of hydrogen-bond donors (Lipinski definition) is 1. The Bertz CT molecular complexity index is 277. The normalized spacial score (nSPS) is 8.35. The van der Waals surface area contributed by atoms with Gasteiger partial charge in [-0.1, -0.05) is 0 Å². The average molecular weight is 280 g/mol. The fourth-order valence-corrected chi connectivity index (χ4v) is 0.111. The van der Waals surface area contributed by atoms with E-state index in [9.17, 15) is 17.9 Å². The zero-order valence-corrected chi connectivity index (χ0v) is 10.3. The fourth-order valence-electron chi connectivity index (χ4n) is 0.111. The first-order chi connectivity index (χ1) is 7.04. The van der Waals surface area contributed by atoms with Gasteiger partial charge in [-0.3, -0.25) is 0 Å². The van der Waals surface area contributed by atoms with Crippen molar-refractivity contribution >= 4 is 22.3 Å². The summed E-state index contributed by atoms with van der Waals surface area (Å²) in [6, 6.07) is 0. The Balaban J connectivity index is -0.0000000757. The highest BCUT2D eigenvalue weighted by Gasteiger charge is 1.95. The van der Waals surface area contributed by atoms with Crippen molar-refractivity contribution in [3.05, 3.63) is 7.43 Å². The number of ketones is 1. The molecule has 0 aromatic rings. The smallest absolute Gasteiger partial charge is 0.339 e. The van der Waals surface area contributed by atoms with Crippen molar-refractivity contribution in [2.24, 2.45) is 0 Å². The second kappa shape index (κ2) is 14.7. The largest absolute Gasteiger partial charge is 0.722 e. The standard InChI is InChI=1S/C3H5FO3.C3H6O.CH3.FHO3S/c4-1-3(6)7-2-5;1-3(2)4;;1-5(2,3)4/h5H,1-2H2;1-2H3;1H3;(H,2,3,4)/q;;+1;/p-1. The molecule has 0 fully saturated rings. The van der Waals surface area contributed by atoms with Crippen molar-refractivity contribution in [3.63, 3.8) is 0 Å². The Kier molecular flexibility index (Phi) is 21.5. The third-order valence-corrected chi connectivity index (χ3v) is 0.335. The third kappa shape index (κ3) is 171. The van der Waals surface area contributed by atoms with E-state index in [0.29, 0.717) is 0 Å². The number of Topliss-reactive ketones (excluding diaryl/α,β-unsaturated/α-hetero) is 1. The minimum absolute atomic E-state index is 0. The predicted octanol–water partition coefficient (Wildman–Crippen LogP) is -0.0894. The Morgan fingerprint density at radius 3 is 1.65 bits per heavy atom. The van der Waals surface area contributed by atoms with E-state index in [1.165, 1.54) is 13.8 Å². The molecule has 0 rings (SSSR count).